The van der Waals surface area contributed by atoms with Crippen LogP contribution in [-0.2, 0) is 16.0 Å². The molecule has 4 rings (SSSR count). The van der Waals surface area contributed by atoms with Gasteiger partial charge in [-0.3, -0.25) is 9.59 Å². The normalized spacial score (nSPS) is 19.7. The van der Waals surface area contributed by atoms with Crippen molar-refractivity contribution in [1.29, 1.82) is 0 Å². The molecule has 1 N–H and O–H groups in total. The van der Waals surface area contributed by atoms with Gasteiger partial charge in [0.15, 0.2) is 0 Å². The smallest absolute Gasteiger partial charge is 0.226 e. The minimum Gasteiger partial charge on any atom is -0.356 e. The Kier molecular flexibility index (Phi) is 7.09. The van der Waals surface area contributed by atoms with E-state index < -0.39 is 5.41 Å². The summed E-state index contributed by atoms with van der Waals surface area (Å²) in [5.41, 5.74) is 3.07. The molecule has 0 radical (unpaired) electrons. The van der Waals surface area contributed by atoms with E-state index in [2.05, 4.69) is 53.9 Å². The van der Waals surface area contributed by atoms with Crippen LogP contribution in [0.5, 0.6) is 0 Å². The second kappa shape index (κ2) is 10.2. The van der Waals surface area contributed by atoms with Gasteiger partial charge in [-0.15, -0.1) is 0 Å². The third-order valence-corrected chi connectivity index (χ3v) is 7.02. The number of likely N-dealkylation sites (tertiary alicyclic amines) is 1. The molecule has 2 aromatic carbocycles. The highest BCUT2D eigenvalue weighted by Gasteiger charge is 2.42. The molecule has 1 heterocycles. The average molecular weight is 431 g/mol. The minimum atomic E-state index is -0.463. The van der Waals surface area contributed by atoms with E-state index in [1.165, 1.54) is 16.7 Å². The van der Waals surface area contributed by atoms with Crippen molar-refractivity contribution >= 4 is 11.8 Å². The number of nitrogens with zero attached hydrogens (tertiary/aromatic N) is 1. The topological polar surface area (TPSA) is 49.4 Å². The van der Waals surface area contributed by atoms with Crippen molar-refractivity contribution < 1.29 is 9.59 Å². The van der Waals surface area contributed by atoms with Gasteiger partial charge in [0.1, 0.15) is 0 Å². The number of benzene rings is 2. The molecule has 2 aromatic rings. The van der Waals surface area contributed by atoms with Crippen LogP contribution in [0.4, 0.5) is 0 Å². The highest BCUT2D eigenvalue weighted by Crippen LogP contribution is 2.37. The van der Waals surface area contributed by atoms with Gasteiger partial charge in [-0.2, -0.15) is 0 Å². The predicted octanol–water partition coefficient (Wildman–Crippen LogP) is 5.00. The van der Waals surface area contributed by atoms with Gasteiger partial charge in [0.2, 0.25) is 11.8 Å². The third kappa shape index (κ3) is 5.12. The van der Waals surface area contributed by atoms with Gasteiger partial charge >= 0.3 is 0 Å². The monoisotopic (exact) mass is 430 g/mol. The fourth-order valence-electron chi connectivity index (χ4n) is 5.12. The summed E-state index contributed by atoms with van der Waals surface area (Å²) in [6.45, 7) is 3.91. The SMILES string of the molecule is CCNC(=O)C1(Cc2cccc(-c3ccccc3)c2)CCN(C(=O)CC2C=CCC2)CC1. The van der Waals surface area contributed by atoms with Crippen molar-refractivity contribution in [3.63, 3.8) is 0 Å². The first-order valence-electron chi connectivity index (χ1n) is 12.0. The lowest BCUT2D eigenvalue weighted by molar-refractivity contribution is -0.141. The highest BCUT2D eigenvalue weighted by molar-refractivity contribution is 5.84. The molecule has 4 nitrogen and oxygen atoms in total. The number of nitrogens with one attached hydrogen (secondary N) is 1. The van der Waals surface area contributed by atoms with Gasteiger partial charge in [0, 0.05) is 26.1 Å². The molecule has 1 unspecified atom stereocenters. The van der Waals surface area contributed by atoms with E-state index in [0.717, 1.165) is 12.8 Å². The maximum absolute atomic E-state index is 13.2. The molecule has 0 bridgehead atoms. The lowest BCUT2D eigenvalue weighted by Gasteiger charge is -2.41. The number of amides is 2. The molecular formula is C28H34N2O2. The molecule has 32 heavy (non-hydrogen) atoms. The van der Waals surface area contributed by atoms with Crippen molar-refractivity contribution in [1.82, 2.24) is 10.2 Å². The van der Waals surface area contributed by atoms with Crippen molar-refractivity contribution in [2.24, 2.45) is 11.3 Å². The zero-order valence-electron chi connectivity index (χ0n) is 19.1. The summed E-state index contributed by atoms with van der Waals surface area (Å²) in [7, 11) is 0. The molecule has 168 valence electrons. The molecule has 0 saturated carbocycles. The maximum Gasteiger partial charge on any atom is 0.226 e. The Morgan fingerprint density at radius 3 is 2.47 bits per heavy atom. The van der Waals surface area contributed by atoms with E-state index in [4.69, 9.17) is 0 Å². The van der Waals surface area contributed by atoms with Crippen molar-refractivity contribution in [3.8, 4) is 11.1 Å². The Bertz CT molecular complexity index is 958. The van der Waals surface area contributed by atoms with Gasteiger partial charge in [-0.05, 0) is 61.6 Å². The van der Waals surface area contributed by atoms with E-state index in [-0.39, 0.29) is 11.8 Å². The van der Waals surface area contributed by atoms with E-state index in [0.29, 0.717) is 51.2 Å². The summed E-state index contributed by atoms with van der Waals surface area (Å²) >= 11 is 0. The van der Waals surface area contributed by atoms with Crippen LogP contribution in [0.2, 0.25) is 0 Å². The quantitative estimate of drug-likeness (QED) is 0.629. The fourth-order valence-corrected chi connectivity index (χ4v) is 5.12. The Labute approximate surface area is 191 Å². The maximum atomic E-state index is 13.2. The van der Waals surface area contributed by atoms with E-state index >= 15 is 0 Å². The zero-order chi connectivity index (χ0) is 22.4. The van der Waals surface area contributed by atoms with Gasteiger partial charge in [0.25, 0.3) is 0 Å². The first kappa shape index (κ1) is 22.3. The molecule has 1 fully saturated rings. The molecular weight excluding hydrogens is 396 g/mol. The number of piperidine rings is 1. The third-order valence-electron chi connectivity index (χ3n) is 7.02. The molecule has 2 aliphatic rings. The summed E-state index contributed by atoms with van der Waals surface area (Å²) in [4.78, 5) is 28.0. The molecule has 4 heteroatoms. The summed E-state index contributed by atoms with van der Waals surface area (Å²) in [6.07, 6.45) is 9.25. The standard InChI is InChI=1S/C28H34N2O2/c1-2-29-27(32)28(15-17-30(18-16-28)26(31)20-22-9-6-7-10-22)21-23-11-8-14-25(19-23)24-12-4-3-5-13-24/h3-6,8-9,11-14,19,22H,2,7,10,15-18,20-21H2,1H3,(H,29,32). The Morgan fingerprint density at radius 1 is 1.03 bits per heavy atom. The molecule has 2 amide bonds. The van der Waals surface area contributed by atoms with E-state index in [1.807, 2.05) is 30.0 Å². The molecule has 1 saturated heterocycles. The van der Waals surface area contributed by atoms with Crippen LogP contribution < -0.4 is 5.32 Å². The fraction of sp³-hybridized carbons (Fsp3) is 0.429. The van der Waals surface area contributed by atoms with Crippen molar-refractivity contribution in [2.45, 2.75) is 45.4 Å². The van der Waals surface area contributed by atoms with Gasteiger partial charge in [-0.25, -0.2) is 0 Å². The molecule has 1 aliphatic heterocycles. The van der Waals surface area contributed by atoms with Gasteiger partial charge in [0.05, 0.1) is 5.41 Å². The van der Waals surface area contributed by atoms with Gasteiger partial charge in [-0.1, -0.05) is 66.7 Å². The largest absolute Gasteiger partial charge is 0.356 e. The molecule has 1 atom stereocenters. The minimum absolute atomic E-state index is 0.121. The van der Waals surface area contributed by atoms with Crippen LogP contribution in [0.1, 0.15) is 44.6 Å². The van der Waals surface area contributed by atoms with E-state index in [1.54, 1.807) is 0 Å². The number of carbonyl (C=O) groups excluding carboxylic acids is 2. The first-order chi connectivity index (χ1) is 15.6. The summed E-state index contributed by atoms with van der Waals surface area (Å²) in [5, 5.41) is 3.07. The van der Waals surface area contributed by atoms with Crippen LogP contribution in [0.3, 0.4) is 0 Å². The average Bonchev–Trinajstić information content (AvgIpc) is 3.33. The van der Waals surface area contributed by atoms with Crippen LogP contribution in [-0.4, -0.2) is 36.3 Å². The zero-order valence-corrected chi connectivity index (χ0v) is 19.1. The lowest BCUT2D eigenvalue weighted by atomic mass is 9.72. The van der Waals surface area contributed by atoms with Gasteiger partial charge < -0.3 is 10.2 Å². The summed E-state index contributed by atoms with van der Waals surface area (Å²) in [6, 6.07) is 18.9. The van der Waals surface area contributed by atoms with E-state index in [9.17, 15) is 9.59 Å². The second-order valence-corrected chi connectivity index (χ2v) is 9.23. The van der Waals surface area contributed by atoms with Crippen molar-refractivity contribution in [3.05, 3.63) is 72.3 Å². The van der Waals surface area contributed by atoms with Crippen LogP contribution in [0, 0.1) is 11.3 Å². The predicted molar refractivity (Wildman–Crippen MR) is 129 cm³/mol. The summed E-state index contributed by atoms with van der Waals surface area (Å²) < 4.78 is 0. The molecule has 0 spiro atoms. The lowest BCUT2D eigenvalue weighted by Crippen LogP contribution is -2.51. The van der Waals surface area contributed by atoms with Crippen LogP contribution >= 0.6 is 0 Å². The number of hydrogen-bond acceptors (Lipinski definition) is 2. The van der Waals surface area contributed by atoms with Crippen LogP contribution in [0.15, 0.2) is 66.7 Å². The Morgan fingerprint density at radius 2 is 1.78 bits per heavy atom. The Balaban J connectivity index is 1.48. The molecule has 0 aromatic heterocycles. The second-order valence-electron chi connectivity index (χ2n) is 9.23. The number of carbonyl (C=O) groups is 2. The van der Waals surface area contributed by atoms with Crippen LogP contribution in [0.25, 0.3) is 11.1 Å². The van der Waals surface area contributed by atoms with Crippen molar-refractivity contribution in [2.75, 3.05) is 19.6 Å². The first-order valence-corrected chi connectivity index (χ1v) is 12.0. The number of rotatable bonds is 7. The highest BCUT2D eigenvalue weighted by atomic mass is 16.2. The molecule has 1 aliphatic carbocycles. The number of allylic oxidation sites excluding steroid dienone is 2. The number of hydrogen-bond donors (Lipinski definition) is 1. The Hall–Kier alpha value is -2.88. The summed E-state index contributed by atoms with van der Waals surface area (Å²) in [5.74, 6) is 0.742.